The highest BCUT2D eigenvalue weighted by Gasteiger charge is 2.30. The van der Waals surface area contributed by atoms with Gasteiger partial charge in [-0.2, -0.15) is 13.2 Å². The maximum absolute atomic E-state index is 12.7. The van der Waals surface area contributed by atoms with Gasteiger partial charge in [-0.1, -0.05) is 18.2 Å². The van der Waals surface area contributed by atoms with E-state index < -0.39 is 23.6 Å². The number of esters is 1. The third-order valence-corrected chi connectivity index (χ3v) is 4.40. The third kappa shape index (κ3) is 5.34. The Morgan fingerprint density at radius 1 is 1.00 bits per heavy atom. The van der Waals surface area contributed by atoms with Crippen molar-refractivity contribution >= 4 is 17.6 Å². The minimum atomic E-state index is -4.40. The van der Waals surface area contributed by atoms with Crippen LogP contribution in [0, 0.1) is 13.8 Å². The van der Waals surface area contributed by atoms with E-state index in [4.69, 9.17) is 4.74 Å². The summed E-state index contributed by atoms with van der Waals surface area (Å²) in [5, 5.41) is 0. The summed E-state index contributed by atoms with van der Waals surface area (Å²) < 4.78 is 42.9. The van der Waals surface area contributed by atoms with Crippen molar-refractivity contribution in [2.75, 3.05) is 18.1 Å². The highest BCUT2D eigenvalue weighted by molar-refractivity contribution is 6.38. The molecule has 28 heavy (non-hydrogen) atoms. The first kappa shape index (κ1) is 21.5. The first-order valence-electron chi connectivity index (χ1n) is 8.85. The summed E-state index contributed by atoms with van der Waals surface area (Å²) in [6.07, 6.45) is -4.11. The second-order valence-corrected chi connectivity index (χ2v) is 6.39. The van der Waals surface area contributed by atoms with E-state index in [1.54, 1.807) is 19.1 Å². The predicted octanol–water partition coefficient (Wildman–Crippen LogP) is 4.46. The number of benzene rings is 2. The Balaban J connectivity index is 2.23. The Morgan fingerprint density at radius 2 is 1.64 bits per heavy atom. The molecule has 2 aromatic carbocycles. The molecule has 0 saturated carbocycles. The first-order chi connectivity index (χ1) is 13.1. The van der Waals surface area contributed by atoms with E-state index in [0.29, 0.717) is 11.3 Å². The highest BCUT2D eigenvalue weighted by atomic mass is 19.4. The molecule has 0 bridgehead atoms. The van der Waals surface area contributed by atoms with Gasteiger partial charge in [0.15, 0.2) is 0 Å². The number of halogens is 3. The number of nitrogens with zero attached hydrogens (tertiary/aromatic N) is 1. The number of hydrogen-bond donors (Lipinski definition) is 0. The van der Waals surface area contributed by atoms with Crippen LogP contribution >= 0.6 is 0 Å². The average Bonchev–Trinajstić information content (AvgIpc) is 2.64. The molecule has 0 heterocycles. The standard InChI is InChI=1S/C21H22F3NO3/c1-4-28-20(27)19(26)25(18-10-5-14(2)15(3)13-18)12-11-16-6-8-17(9-7-16)21(22,23)24/h5-10,13H,4,11-12H2,1-3H3. The highest BCUT2D eigenvalue weighted by Crippen LogP contribution is 2.29. The quantitative estimate of drug-likeness (QED) is 0.557. The van der Waals surface area contributed by atoms with E-state index in [1.807, 2.05) is 19.9 Å². The van der Waals surface area contributed by atoms with Crippen LogP contribution in [-0.2, 0) is 26.9 Å². The van der Waals surface area contributed by atoms with Crippen LogP contribution in [0.15, 0.2) is 42.5 Å². The van der Waals surface area contributed by atoms with Crippen LogP contribution in [-0.4, -0.2) is 25.0 Å². The van der Waals surface area contributed by atoms with Crippen LogP contribution in [0.4, 0.5) is 18.9 Å². The van der Waals surface area contributed by atoms with Gasteiger partial charge in [-0.05, 0) is 68.1 Å². The van der Waals surface area contributed by atoms with Gasteiger partial charge in [0.1, 0.15) is 0 Å². The maximum Gasteiger partial charge on any atom is 0.416 e. The van der Waals surface area contributed by atoms with Crippen molar-refractivity contribution in [1.29, 1.82) is 0 Å². The molecule has 0 aliphatic heterocycles. The number of rotatable bonds is 5. The zero-order valence-corrected chi connectivity index (χ0v) is 16.0. The molecule has 1 amide bonds. The van der Waals surface area contributed by atoms with Crippen molar-refractivity contribution in [2.24, 2.45) is 0 Å². The molecule has 150 valence electrons. The lowest BCUT2D eigenvalue weighted by atomic mass is 10.1. The number of hydrogen-bond acceptors (Lipinski definition) is 3. The lowest BCUT2D eigenvalue weighted by Gasteiger charge is -2.23. The van der Waals surface area contributed by atoms with Gasteiger partial charge in [-0.15, -0.1) is 0 Å². The fraction of sp³-hybridized carbons (Fsp3) is 0.333. The van der Waals surface area contributed by atoms with Gasteiger partial charge < -0.3 is 9.64 Å². The molecule has 0 saturated heterocycles. The first-order valence-corrected chi connectivity index (χ1v) is 8.85. The van der Waals surface area contributed by atoms with Crippen molar-refractivity contribution < 1.29 is 27.5 Å². The van der Waals surface area contributed by atoms with Gasteiger partial charge >= 0.3 is 18.1 Å². The van der Waals surface area contributed by atoms with Crippen LogP contribution in [0.2, 0.25) is 0 Å². The van der Waals surface area contributed by atoms with Crippen molar-refractivity contribution in [1.82, 2.24) is 0 Å². The second kappa shape index (κ2) is 8.91. The van der Waals surface area contributed by atoms with E-state index in [9.17, 15) is 22.8 Å². The van der Waals surface area contributed by atoms with Crippen LogP contribution < -0.4 is 4.90 Å². The molecule has 2 rings (SSSR count). The van der Waals surface area contributed by atoms with Crippen LogP contribution in [0.3, 0.4) is 0 Å². The Bertz CT molecular complexity index is 845. The topological polar surface area (TPSA) is 46.6 Å². The molecular formula is C21H22F3NO3. The van der Waals surface area contributed by atoms with E-state index in [0.717, 1.165) is 23.3 Å². The summed E-state index contributed by atoms with van der Waals surface area (Å²) in [6, 6.07) is 10.1. The zero-order chi connectivity index (χ0) is 20.9. The minimum Gasteiger partial charge on any atom is -0.459 e. The molecule has 0 radical (unpaired) electrons. The lowest BCUT2D eigenvalue weighted by molar-refractivity contribution is -0.153. The number of alkyl halides is 3. The largest absolute Gasteiger partial charge is 0.459 e. The Labute approximate surface area is 161 Å². The molecule has 0 aromatic heterocycles. The van der Waals surface area contributed by atoms with Crippen molar-refractivity contribution in [3.8, 4) is 0 Å². The van der Waals surface area contributed by atoms with E-state index in [2.05, 4.69) is 0 Å². The second-order valence-electron chi connectivity index (χ2n) is 6.39. The van der Waals surface area contributed by atoms with Crippen LogP contribution in [0.25, 0.3) is 0 Å². The van der Waals surface area contributed by atoms with Crippen LogP contribution in [0.5, 0.6) is 0 Å². The summed E-state index contributed by atoms with van der Waals surface area (Å²) in [5.74, 6) is -1.77. The molecule has 0 N–H and O–H groups in total. The number of anilines is 1. The van der Waals surface area contributed by atoms with Crippen molar-refractivity contribution in [3.05, 3.63) is 64.7 Å². The summed E-state index contributed by atoms with van der Waals surface area (Å²) in [4.78, 5) is 25.8. The Kier molecular flexibility index (Phi) is 6.83. The Hall–Kier alpha value is -2.83. The summed E-state index contributed by atoms with van der Waals surface area (Å²) in [7, 11) is 0. The monoisotopic (exact) mass is 393 g/mol. The number of aryl methyl sites for hydroxylation is 2. The summed E-state index contributed by atoms with van der Waals surface area (Å²) in [5.41, 5.74) is 2.42. The molecule has 2 aromatic rings. The van der Waals surface area contributed by atoms with Gasteiger partial charge in [0.25, 0.3) is 0 Å². The molecule has 0 aliphatic carbocycles. The molecule has 0 unspecified atom stereocenters. The number of carbonyl (C=O) groups is 2. The smallest absolute Gasteiger partial charge is 0.416 e. The van der Waals surface area contributed by atoms with Gasteiger partial charge in [-0.3, -0.25) is 4.79 Å². The number of amides is 1. The van der Waals surface area contributed by atoms with Crippen LogP contribution in [0.1, 0.15) is 29.2 Å². The summed E-state index contributed by atoms with van der Waals surface area (Å²) >= 11 is 0. The van der Waals surface area contributed by atoms with Gasteiger partial charge in [0.2, 0.25) is 0 Å². The molecule has 7 heteroatoms. The fourth-order valence-corrected chi connectivity index (χ4v) is 2.65. The SMILES string of the molecule is CCOC(=O)C(=O)N(CCc1ccc(C(F)(F)F)cc1)c1ccc(C)c(C)c1. The van der Waals surface area contributed by atoms with E-state index in [1.165, 1.54) is 17.0 Å². The number of ether oxygens (including phenoxy) is 1. The molecule has 0 spiro atoms. The van der Waals surface area contributed by atoms with E-state index in [-0.39, 0.29) is 19.6 Å². The lowest BCUT2D eigenvalue weighted by Crippen LogP contribution is -2.39. The average molecular weight is 393 g/mol. The molecule has 0 fully saturated rings. The number of carbonyl (C=O) groups excluding carboxylic acids is 2. The zero-order valence-electron chi connectivity index (χ0n) is 16.0. The van der Waals surface area contributed by atoms with E-state index >= 15 is 0 Å². The molecule has 0 aliphatic rings. The fourth-order valence-electron chi connectivity index (χ4n) is 2.65. The third-order valence-electron chi connectivity index (χ3n) is 4.40. The van der Waals surface area contributed by atoms with Crippen molar-refractivity contribution in [3.63, 3.8) is 0 Å². The molecule has 4 nitrogen and oxygen atoms in total. The summed E-state index contributed by atoms with van der Waals surface area (Å²) in [6.45, 7) is 5.63. The van der Waals surface area contributed by atoms with Crippen molar-refractivity contribution in [2.45, 2.75) is 33.4 Å². The van der Waals surface area contributed by atoms with Gasteiger partial charge in [0, 0.05) is 12.2 Å². The normalized spacial score (nSPS) is 11.2. The van der Waals surface area contributed by atoms with Gasteiger partial charge in [0.05, 0.1) is 12.2 Å². The minimum absolute atomic E-state index is 0.0737. The molecule has 0 atom stereocenters. The Morgan fingerprint density at radius 3 is 2.18 bits per heavy atom. The van der Waals surface area contributed by atoms with Gasteiger partial charge in [-0.25, -0.2) is 4.79 Å². The maximum atomic E-state index is 12.7. The predicted molar refractivity (Wildman–Crippen MR) is 100 cm³/mol. The molecular weight excluding hydrogens is 371 g/mol.